The second kappa shape index (κ2) is 5.79. The van der Waals surface area contributed by atoms with E-state index < -0.39 is 11.9 Å². The van der Waals surface area contributed by atoms with E-state index in [4.69, 9.17) is 0 Å². The second-order valence-electron chi connectivity index (χ2n) is 6.64. The molecule has 1 aliphatic carbocycles. The average molecular weight is 319 g/mol. The lowest BCUT2D eigenvalue weighted by atomic mass is 9.92. The van der Waals surface area contributed by atoms with Crippen LogP contribution in [0.25, 0.3) is 0 Å². The van der Waals surface area contributed by atoms with Crippen molar-refractivity contribution < 1.29 is 14.7 Å². The Labute approximate surface area is 133 Å². The maximum atomic E-state index is 12.5. The topological polar surface area (TPSA) is 103 Å². The van der Waals surface area contributed by atoms with Crippen LogP contribution in [0.3, 0.4) is 0 Å². The third-order valence-corrected chi connectivity index (χ3v) is 4.93. The fourth-order valence-corrected chi connectivity index (χ4v) is 3.52. The van der Waals surface area contributed by atoms with Crippen molar-refractivity contribution in [2.45, 2.75) is 33.1 Å². The molecular formula is C16H21N3O4. The fourth-order valence-electron chi connectivity index (χ4n) is 3.52. The van der Waals surface area contributed by atoms with E-state index in [0.717, 1.165) is 12.8 Å². The van der Waals surface area contributed by atoms with Crippen LogP contribution >= 0.6 is 0 Å². The summed E-state index contributed by atoms with van der Waals surface area (Å²) in [6, 6.07) is 0. The van der Waals surface area contributed by atoms with Gasteiger partial charge in [-0.3, -0.25) is 14.4 Å². The molecule has 2 N–H and O–H groups in total. The number of carbonyl (C=O) groups excluding carboxylic acids is 1. The molecule has 3 rings (SSSR count). The zero-order valence-electron chi connectivity index (χ0n) is 13.3. The molecule has 23 heavy (non-hydrogen) atoms. The van der Waals surface area contributed by atoms with E-state index in [0.29, 0.717) is 29.5 Å². The maximum Gasteiger partial charge on any atom is 0.308 e. The summed E-state index contributed by atoms with van der Waals surface area (Å²) in [5.74, 6) is -0.513. The number of aliphatic carboxylic acids is 1. The van der Waals surface area contributed by atoms with Crippen LogP contribution in [0.4, 0.5) is 0 Å². The van der Waals surface area contributed by atoms with Gasteiger partial charge in [-0.15, -0.1) is 0 Å². The van der Waals surface area contributed by atoms with Crippen molar-refractivity contribution in [2.24, 2.45) is 17.8 Å². The quantitative estimate of drug-likeness (QED) is 0.841. The van der Waals surface area contributed by atoms with Gasteiger partial charge in [-0.1, -0.05) is 0 Å². The summed E-state index contributed by atoms with van der Waals surface area (Å²) in [6.45, 7) is 4.13. The molecule has 1 aromatic rings. The van der Waals surface area contributed by atoms with E-state index >= 15 is 0 Å². The third kappa shape index (κ3) is 3.13. The first-order chi connectivity index (χ1) is 10.9. The van der Waals surface area contributed by atoms with E-state index in [-0.39, 0.29) is 30.3 Å². The van der Waals surface area contributed by atoms with E-state index in [9.17, 15) is 19.5 Å². The Balaban J connectivity index is 1.74. The number of aromatic nitrogens is 2. The van der Waals surface area contributed by atoms with Gasteiger partial charge in [-0.2, -0.15) is 0 Å². The minimum absolute atomic E-state index is 0.0296. The maximum absolute atomic E-state index is 12.5. The molecule has 0 aromatic carbocycles. The van der Waals surface area contributed by atoms with Gasteiger partial charge in [0.05, 0.1) is 12.3 Å². The van der Waals surface area contributed by atoms with E-state index in [1.54, 1.807) is 18.7 Å². The van der Waals surface area contributed by atoms with Gasteiger partial charge >= 0.3 is 5.97 Å². The summed E-state index contributed by atoms with van der Waals surface area (Å²) in [7, 11) is 0. The van der Waals surface area contributed by atoms with Gasteiger partial charge in [0.2, 0.25) is 5.91 Å². The monoisotopic (exact) mass is 319 g/mol. The number of amides is 1. The van der Waals surface area contributed by atoms with Crippen molar-refractivity contribution in [3.63, 3.8) is 0 Å². The number of carboxylic acid groups (broad SMARTS) is 1. The van der Waals surface area contributed by atoms with E-state index in [1.807, 2.05) is 0 Å². The van der Waals surface area contributed by atoms with Crippen molar-refractivity contribution in [3.8, 4) is 0 Å². The fraction of sp³-hybridized carbons (Fsp3) is 0.625. The lowest BCUT2D eigenvalue weighted by Crippen LogP contribution is -2.33. The summed E-state index contributed by atoms with van der Waals surface area (Å²) in [6.07, 6.45) is 2.08. The molecule has 1 amide bonds. The molecule has 0 radical (unpaired) electrons. The Kier molecular flexibility index (Phi) is 3.95. The Bertz CT molecular complexity index is 708. The van der Waals surface area contributed by atoms with Crippen LogP contribution in [0.1, 0.15) is 29.9 Å². The second-order valence-corrected chi connectivity index (χ2v) is 6.64. The number of carboxylic acids is 1. The number of H-pyrrole nitrogens is 1. The molecule has 2 aliphatic rings. The normalized spacial score (nSPS) is 24.0. The van der Waals surface area contributed by atoms with Crippen LogP contribution in [0.15, 0.2) is 4.79 Å². The Morgan fingerprint density at radius 1 is 1.30 bits per heavy atom. The lowest BCUT2D eigenvalue weighted by Gasteiger charge is -2.16. The number of likely N-dealkylation sites (tertiary alicyclic amines) is 1. The summed E-state index contributed by atoms with van der Waals surface area (Å²) in [4.78, 5) is 44.3. The average Bonchev–Trinajstić information content (AvgIpc) is 3.20. The van der Waals surface area contributed by atoms with Crippen LogP contribution in [0.5, 0.6) is 0 Å². The van der Waals surface area contributed by atoms with Crippen LogP contribution in [0.2, 0.25) is 0 Å². The lowest BCUT2D eigenvalue weighted by molar-refractivity contribution is -0.142. The number of carbonyl (C=O) groups is 2. The molecule has 0 unspecified atom stereocenters. The molecule has 1 aromatic heterocycles. The molecule has 124 valence electrons. The van der Waals surface area contributed by atoms with Crippen LogP contribution in [-0.4, -0.2) is 44.9 Å². The standard InChI is InChI=1S/C16H21N3O4/c1-8-11(15(21)18-9(2)17-8)5-14(20)19-6-12(10-3-4-10)13(7-19)16(22)23/h10,12-13H,3-7H2,1-2H3,(H,22,23)(H,17,18,21)/t12-,13+/m1/s1. The van der Waals surface area contributed by atoms with Gasteiger partial charge in [0, 0.05) is 24.3 Å². The largest absolute Gasteiger partial charge is 0.481 e. The molecule has 7 heteroatoms. The van der Waals surface area contributed by atoms with Crippen LogP contribution < -0.4 is 5.56 Å². The first-order valence-electron chi connectivity index (χ1n) is 7.93. The SMILES string of the molecule is Cc1nc(C)c(CC(=O)N2C[C@H](C(=O)O)[C@@H](C3CC3)C2)c(=O)[nH]1. The van der Waals surface area contributed by atoms with Gasteiger partial charge in [0.1, 0.15) is 5.82 Å². The molecule has 0 spiro atoms. The van der Waals surface area contributed by atoms with E-state index in [1.165, 1.54) is 0 Å². The molecule has 1 aliphatic heterocycles. The van der Waals surface area contributed by atoms with Gasteiger partial charge < -0.3 is 15.0 Å². The smallest absolute Gasteiger partial charge is 0.308 e. The first kappa shape index (κ1) is 15.7. The minimum Gasteiger partial charge on any atom is -0.481 e. The number of hydrogen-bond donors (Lipinski definition) is 2. The molecule has 7 nitrogen and oxygen atoms in total. The summed E-state index contributed by atoms with van der Waals surface area (Å²) in [5.41, 5.74) is 0.616. The Hall–Kier alpha value is -2.18. The highest BCUT2D eigenvalue weighted by Crippen LogP contribution is 2.44. The molecular weight excluding hydrogens is 298 g/mol. The van der Waals surface area contributed by atoms with Crippen molar-refractivity contribution in [3.05, 3.63) is 27.4 Å². The first-order valence-corrected chi connectivity index (χ1v) is 7.93. The third-order valence-electron chi connectivity index (χ3n) is 4.93. The molecule has 2 atom stereocenters. The van der Waals surface area contributed by atoms with Crippen LogP contribution in [-0.2, 0) is 16.0 Å². The predicted octanol–water partition coefficient (Wildman–Crippen LogP) is 0.498. The number of hydrogen-bond acceptors (Lipinski definition) is 4. The minimum atomic E-state index is -0.830. The van der Waals surface area contributed by atoms with Crippen molar-refractivity contribution in [1.82, 2.24) is 14.9 Å². The predicted molar refractivity (Wildman–Crippen MR) is 82.0 cm³/mol. The van der Waals surface area contributed by atoms with Gasteiger partial charge in [0.25, 0.3) is 5.56 Å². The highest BCUT2D eigenvalue weighted by Gasteiger charge is 2.46. The van der Waals surface area contributed by atoms with Gasteiger partial charge in [0.15, 0.2) is 0 Å². The summed E-state index contributed by atoms with van der Waals surface area (Å²) >= 11 is 0. The number of rotatable bonds is 4. The van der Waals surface area contributed by atoms with Gasteiger partial charge in [-0.05, 0) is 38.5 Å². The van der Waals surface area contributed by atoms with Crippen molar-refractivity contribution in [1.29, 1.82) is 0 Å². The number of nitrogens with zero attached hydrogens (tertiary/aromatic N) is 2. The highest BCUT2D eigenvalue weighted by molar-refractivity contribution is 5.81. The van der Waals surface area contributed by atoms with Crippen LogP contribution in [0, 0.1) is 31.6 Å². The zero-order chi connectivity index (χ0) is 16.7. The molecule has 1 saturated carbocycles. The van der Waals surface area contributed by atoms with Crippen molar-refractivity contribution >= 4 is 11.9 Å². The zero-order valence-corrected chi connectivity index (χ0v) is 13.3. The number of aromatic amines is 1. The van der Waals surface area contributed by atoms with Crippen molar-refractivity contribution in [2.75, 3.05) is 13.1 Å². The molecule has 2 fully saturated rings. The summed E-state index contributed by atoms with van der Waals surface area (Å²) in [5, 5.41) is 9.37. The number of nitrogens with one attached hydrogen (secondary N) is 1. The molecule has 1 saturated heterocycles. The Morgan fingerprint density at radius 3 is 2.57 bits per heavy atom. The summed E-state index contributed by atoms with van der Waals surface area (Å²) < 4.78 is 0. The molecule has 2 heterocycles. The van der Waals surface area contributed by atoms with E-state index in [2.05, 4.69) is 9.97 Å². The Morgan fingerprint density at radius 2 is 2.00 bits per heavy atom. The molecule has 0 bridgehead atoms. The number of aryl methyl sites for hydroxylation is 2. The highest BCUT2D eigenvalue weighted by atomic mass is 16.4. The van der Waals surface area contributed by atoms with Gasteiger partial charge in [-0.25, -0.2) is 4.98 Å².